The van der Waals surface area contributed by atoms with E-state index in [1.807, 2.05) is 11.8 Å². The van der Waals surface area contributed by atoms with Crippen molar-refractivity contribution in [3.8, 4) is 0 Å². The molecule has 118 valence electrons. The van der Waals surface area contributed by atoms with E-state index in [0.717, 1.165) is 36.4 Å². The van der Waals surface area contributed by atoms with E-state index in [9.17, 15) is 4.21 Å². The Labute approximate surface area is 131 Å². The molecule has 1 aliphatic heterocycles. The highest BCUT2D eigenvalue weighted by molar-refractivity contribution is 7.99. The number of rotatable bonds is 5. The van der Waals surface area contributed by atoms with Crippen LogP contribution in [0.4, 0.5) is 0 Å². The maximum atomic E-state index is 11.5. The van der Waals surface area contributed by atoms with Crippen molar-refractivity contribution < 1.29 is 4.21 Å². The second-order valence-electron chi connectivity index (χ2n) is 6.69. The summed E-state index contributed by atoms with van der Waals surface area (Å²) in [5.74, 6) is 1.70. The van der Waals surface area contributed by atoms with Crippen LogP contribution in [0.2, 0.25) is 0 Å². The Kier molecular flexibility index (Phi) is 6.39. The van der Waals surface area contributed by atoms with Gasteiger partial charge in [-0.2, -0.15) is 11.8 Å². The topological polar surface area (TPSA) is 32.3 Å². The molecule has 1 N–H and O–H groups in total. The monoisotopic (exact) mass is 318 g/mol. The number of thioether (sulfide) groups is 1. The van der Waals surface area contributed by atoms with Gasteiger partial charge < -0.3 is 5.32 Å². The van der Waals surface area contributed by atoms with Crippen LogP contribution in [0.3, 0.4) is 0 Å². The molecule has 0 unspecified atom stereocenters. The molecule has 0 amide bonds. The molecule has 20 heavy (non-hydrogen) atoms. The molecule has 1 heterocycles. The molecule has 0 aromatic heterocycles. The Morgan fingerprint density at radius 2 is 1.90 bits per heavy atom. The molecule has 3 nitrogen and oxygen atoms in total. The van der Waals surface area contributed by atoms with Crippen LogP contribution < -0.4 is 5.32 Å². The largest absolute Gasteiger partial charge is 0.311 e. The number of hydrogen-bond acceptors (Lipinski definition) is 4. The minimum Gasteiger partial charge on any atom is -0.311 e. The Balaban J connectivity index is 1.83. The third-order valence-electron chi connectivity index (χ3n) is 4.84. The number of nitrogens with zero attached hydrogens (tertiary/aromatic N) is 1. The first-order chi connectivity index (χ1) is 9.53. The molecule has 1 saturated carbocycles. The summed E-state index contributed by atoms with van der Waals surface area (Å²) in [4.78, 5) is 2.51. The molecule has 1 aliphatic carbocycles. The van der Waals surface area contributed by atoms with Crippen LogP contribution in [0.5, 0.6) is 0 Å². The van der Waals surface area contributed by atoms with Gasteiger partial charge in [0.15, 0.2) is 0 Å². The van der Waals surface area contributed by atoms with Crippen molar-refractivity contribution in [1.82, 2.24) is 10.2 Å². The summed E-state index contributed by atoms with van der Waals surface area (Å²) in [5.41, 5.74) is 0.172. The van der Waals surface area contributed by atoms with Gasteiger partial charge in [0.05, 0.1) is 0 Å². The van der Waals surface area contributed by atoms with Gasteiger partial charge >= 0.3 is 0 Å². The summed E-state index contributed by atoms with van der Waals surface area (Å²) < 4.78 is 11.5. The molecule has 2 rings (SSSR count). The van der Waals surface area contributed by atoms with Gasteiger partial charge in [-0.05, 0) is 32.9 Å². The fourth-order valence-electron chi connectivity index (χ4n) is 3.35. The summed E-state index contributed by atoms with van der Waals surface area (Å²) in [5, 5.41) is 4.62. The molecule has 0 aromatic carbocycles. The average molecular weight is 319 g/mol. The molecule has 0 radical (unpaired) electrons. The maximum Gasteiger partial charge on any atom is 0.0363 e. The van der Waals surface area contributed by atoms with Crippen molar-refractivity contribution >= 4 is 22.6 Å². The molecule has 5 heteroatoms. The van der Waals surface area contributed by atoms with Crippen LogP contribution in [0.1, 0.15) is 39.5 Å². The lowest BCUT2D eigenvalue weighted by Gasteiger charge is -2.42. The summed E-state index contributed by atoms with van der Waals surface area (Å²) in [6.45, 7) is 7.66. The van der Waals surface area contributed by atoms with E-state index < -0.39 is 10.8 Å². The molecule has 2 aliphatic rings. The summed E-state index contributed by atoms with van der Waals surface area (Å²) in [6.07, 6.45) is 7.70. The highest BCUT2D eigenvalue weighted by Gasteiger charge is 2.31. The Bertz CT molecular complexity index is 326. The molecule has 0 spiro atoms. The van der Waals surface area contributed by atoms with Crippen LogP contribution in [-0.4, -0.2) is 63.3 Å². The van der Waals surface area contributed by atoms with Crippen molar-refractivity contribution in [2.24, 2.45) is 0 Å². The van der Waals surface area contributed by atoms with E-state index in [1.165, 1.54) is 25.7 Å². The Hall–Kier alpha value is 0.420. The van der Waals surface area contributed by atoms with Crippen LogP contribution in [-0.2, 0) is 10.8 Å². The van der Waals surface area contributed by atoms with Crippen molar-refractivity contribution in [3.63, 3.8) is 0 Å². The predicted octanol–water partition coefficient (Wildman–Crippen LogP) is 2.09. The standard InChI is InChI=1S/C15H30N2OS2/c1-15(2,17-8-10-20(18)11-9-17)12-16-13-6-4-5-7-14(13)19-3/h13-14,16H,4-12H2,1-3H3/t13-,14+/m0/s1. The lowest BCUT2D eigenvalue weighted by atomic mass is 9.93. The fourth-order valence-corrected chi connectivity index (χ4v) is 5.36. The Morgan fingerprint density at radius 3 is 2.55 bits per heavy atom. The normalized spacial score (nSPS) is 30.6. The van der Waals surface area contributed by atoms with E-state index in [2.05, 4.69) is 30.3 Å². The summed E-state index contributed by atoms with van der Waals surface area (Å²) in [6, 6.07) is 0.678. The second kappa shape index (κ2) is 7.61. The molecular formula is C15H30N2OS2. The van der Waals surface area contributed by atoms with Gasteiger partial charge in [-0.1, -0.05) is 12.8 Å². The van der Waals surface area contributed by atoms with Crippen molar-refractivity contribution in [3.05, 3.63) is 0 Å². The molecule has 1 saturated heterocycles. The minimum absolute atomic E-state index is 0.172. The van der Waals surface area contributed by atoms with E-state index >= 15 is 0 Å². The molecular weight excluding hydrogens is 288 g/mol. The zero-order valence-corrected chi connectivity index (χ0v) is 14.8. The first-order valence-corrected chi connectivity index (χ1v) is 10.7. The minimum atomic E-state index is -0.576. The number of nitrogens with one attached hydrogen (secondary N) is 1. The lowest BCUT2D eigenvalue weighted by molar-refractivity contribution is 0.125. The number of hydrogen-bond donors (Lipinski definition) is 1. The van der Waals surface area contributed by atoms with E-state index in [0.29, 0.717) is 6.04 Å². The van der Waals surface area contributed by atoms with Gasteiger partial charge in [-0.15, -0.1) is 0 Å². The van der Waals surface area contributed by atoms with Crippen LogP contribution >= 0.6 is 11.8 Å². The maximum absolute atomic E-state index is 11.5. The average Bonchev–Trinajstić information content (AvgIpc) is 2.46. The van der Waals surface area contributed by atoms with Gasteiger partial charge in [0.25, 0.3) is 0 Å². The van der Waals surface area contributed by atoms with E-state index in [4.69, 9.17) is 0 Å². The SMILES string of the molecule is CS[C@@H]1CCCC[C@@H]1NCC(C)(C)N1CCS(=O)CC1. The second-order valence-corrected chi connectivity index (χ2v) is 9.47. The smallest absolute Gasteiger partial charge is 0.0363 e. The van der Waals surface area contributed by atoms with Crippen LogP contribution in [0.25, 0.3) is 0 Å². The quantitative estimate of drug-likeness (QED) is 0.841. The van der Waals surface area contributed by atoms with Crippen molar-refractivity contribution in [1.29, 1.82) is 0 Å². The van der Waals surface area contributed by atoms with E-state index in [-0.39, 0.29) is 5.54 Å². The summed E-state index contributed by atoms with van der Waals surface area (Å²) in [7, 11) is -0.576. The van der Waals surface area contributed by atoms with Crippen LogP contribution in [0, 0.1) is 0 Å². The van der Waals surface area contributed by atoms with Gasteiger partial charge in [-0.25, -0.2) is 0 Å². The van der Waals surface area contributed by atoms with E-state index in [1.54, 1.807) is 0 Å². The van der Waals surface area contributed by atoms with Crippen molar-refractivity contribution in [2.45, 2.75) is 56.4 Å². The van der Waals surface area contributed by atoms with Gasteiger partial charge in [-0.3, -0.25) is 9.11 Å². The fraction of sp³-hybridized carbons (Fsp3) is 1.00. The van der Waals surface area contributed by atoms with Crippen LogP contribution in [0.15, 0.2) is 0 Å². The zero-order valence-electron chi connectivity index (χ0n) is 13.2. The zero-order chi connectivity index (χ0) is 14.6. The van der Waals surface area contributed by atoms with Crippen molar-refractivity contribution in [2.75, 3.05) is 37.4 Å². The molecule has 0 aromatic rings. The molecule has 2 atom stereocenters. The third kappa shape index (κ3) is 4.46. The summed E-state index contributed by atoms with van der Waals surface area (Å²) >= 11 is 2.02. The third-order valence-corrected chi connectivity index (χ3v) is 7.28. The van der Waals surface area contributed by atoms with Gasteiger partial charge in [0, 0.05) is 58.8 Å². The van der Waals surface area contributed by atoms with Gasteiger partial charge in [0.2, 0.25) is 0 Å². The molecule has 2 fully saturated rings. The first kappa shape index (κ1) is 16.8. The Morgan fingerprint density at radius 1 is 1.25 bits per heavy atom. The highest BCUT2D eigenvalue weighted by atomic mass is 32.2. The van der Waals surface area contributed by atoms with Gasteiger partial charge in [0.1, 0.15) is 0 Å². The first-order valence-electron chi connectivity index (χ1n) is 7.89. The highest BCUT2D eigenvalue weighted by Crippen LogP contribution is 2.27. The molecule has 0 bridgehead atoms. The predicted molar refractivity (Wildman–Crippen MR) is 91.1 cm³/mol. The lowest BCUT2D eigenvalue weighted by Crippen LogP contribution is -2.57.